The maximum Gasteiger partial charge on any atom is 0.252 e. The van der Waals surface area contributed by atoms with Crippen LogP contribution in [0.2, 0.25) is 0 Å². The van der Waals surface area contributed by atoms with Crippen molar-refractivity contribution < 1.29 is 27.5 Å². The van der Waals surface area contributed by atoms with Gasteiger partial charge in [-0.1, -0.05) is 12.1 Å². The van der Waals surface area contributed by atoms with E-state index in [1.807, 2.05) is 0 Å². The molecule has 4 rings (SSSR count). The molecule has 0 saturated heterocycles. The zero-order valence-corrected chi connectivity index (χ0v) is 20.5. The van der Waals surface area contributed by atoms with Crippen molar-refractivity contribution in [1.29, 1.82) is 0 Å². The monoisotopic (exact) mass is 525 g/mol. The molecule has 1 heterocycles. The van der Waals surface area contributed by atoms with Gasteiger partial charge in [0.1, 0.15) is 5.82 Å². The van der Waals surface area contributed by atoms with Crippen LogP contribution in [0, 0.1) is 5.82 Å². The summed E-state index contributed by atoms with van der Waals surface area (Å²) in [6.45, 7) is -0.106. The van der Waals surface area contributed by atoms with Gasteiger partial charge in [0.15, 0.2) is 0 Å². The van der Waals surface area contributed by atoms with Crippen LogP contribution in [0.15, 0.2) is 71.8 Å². The van der Waals surface area contributed by atoms with Gasteiger partial charge in [-0.05, 0) is 61.1 Å². The van der Waals surface area contributed by atoms with Gasteiger partial charge in [-0.3, -0.25) is 9.59 Å². The van der Waals surface area contributed by atoms with Crippen LogP contribution >= 0.6 is 0 Å². The smallest absolute Gasteiger partial charge is 0.252 e. The van der Waals surface area contributed by atoms with Crippen LogP contribution in [0.3, 0.4) is 0 Å². The molecule has 0 aliphatic rings. The standard InChI is InChI=1S/C25H24FN5O5S/c1-27-37(35,36)20-8-2-16(3-9-20)14-29-25(34)21-12-17(24(33)28-10-11-32)13-23-22(21)15-30-31(23)19-6-4-18(26)5-7-19/h2-9,12-13,15,27,32H,10-11,14H2,1H3,(H,28,33)(H,29,34). The number of nitrogens with zero attached hydrogens (tertiary/aromatic N) is 2. The predicted octanol–water partition coefficient (Wildman–Crippen LogP) is 1.72. The van der Waals surface area contributed by atoms with Crippen molar-refractivity contribution >= 4 is 32.7 Å². The summed E-state index contributed by atoms with van der Waals surface area (Å²) >= 11 is 0. The van der Waals surface area contributed by atoms with E-state index >= 15 is 0 Å². The minimum atomic E-state index is -3.58. The quantitative estimate of drug-likeness (QED) is 0.262. The Hall–Kier alpha value is -4.13. The Morgan fingerprint density at radius 2 is 1.70 bits per heavy atom. The van der Waals surface area contributed by atoms with Gasteiger partial charge in [0.05, 0.1) is 34.5 Å². The maximum absolute atomic E-state index is 13.4. The summed E-state index contributed by atoms with van der Waals surface area (Å²) in [5.74, 6) is -1.38. The number of nitrogens with one attached hydrogen (secondary N) is 3. The Bertz CT molecular complexity index is 1550. The molecule has 0 unspecified atom stereocenters. The van der Waals surface area contributed by atoms with Crippen molar-refractivity contribution in [3.05, 3.63) is 89.4 Å². The summed E-state index contributed by atoms with van der Waals surface area (Å²) in [4.78, 5) is 26.0. The van der Waals surface area contributed by atoms with E-state index in [1.165, 1.54) is 60.4 Å². The first kappa shape index (κ1) is 25.9. The fourth-order valence-corrected chi connectivity index (χ4v) is 4.42. The molecule has 0 spiro atoms. The lowest BCUT2D eigenvalue weighted by Gasteiger charge is -2.11. The lowest BCUT2D eigenvalue weighted by molar-refractivity contribution is 0.0945. The largest absolute Gasteiger partial charge is 0.395 e. The minimum Gasteiger partial charge on any atom is -0.395 e. The molecule has 0 radical (unpaired) electrons. The van der Waals surface area contributed by atoms with Crippen molar-refractivity contribution in [3.8, 4) is 5.69 Å². The molecule has 12 heteroatoms. The maximum atomic E-state index is 13.4. The number of aromatic nitrogens is 2. The zero-order chi connectivity index (χ0) is 26.6. The van der Waals surface area contributed by atoms with Gasteiger partial charge in [-0.2, -0.15) is 5.10 Å². The van der Waals surface area contributed by atoms with Gasteiger partial charge in [0.2, 0.25) is 10.0 Å². The molecule has 0 aliphatic carbocycles. The first-order valence-corrected chi connectivity index (χ1v) is 12.7. The van der Waals surface area contributed by atoms with Gasteiger partial charge < -0.3 is 15.7 Å². The third-order valence-electron chi connectivity index (χ3n) is 5.62. The van der Waals surface area contributed by atoms with Crippen LogP contribution in [-0.2, 0) is 16.6 Å². The minimum absolute atomic E-state index is 0.0366. The number of sulfonamides is 1. The van der Waals surface area contributed by atoms with E-state index in [1.54, 1.807) is 18.2 Å². The van der Waals surface area contributed by atoms with E-state index in [0.29, 0.717) is 22.2 Å². The first-order valence-electron chi connectivity index (χ1n) is 11.2. The molecule has 4 aromatic rings. The van der Waals surface area contributed by atoms with E-state index in [-0.39, 0.29) is 35.7 Å². The normalized spacial score (nSPS) is 11.4. The van der Waals surface area contributed by atoms with Gasteiger partial charge in [-0.15, -0.1) is 0 Å². The number of rotatable bonds is 9. The Morgan fingerprint density at radius 3 is 2.35 bits per heavy atom. The van der Waals surface area contributed by atoms with E-state index in [0.717, 1.165) is 0 Å². The van der Waals surface area contributed by atoms with Crippen LogP contribution in [0.4, 0.5) is 4.39 Å². The number of carbonyl (C=O) groups is 2. The molecule has 0 fully saturated rings. The number of fused-ring (bicyclic) bond motifs is 1. The third kappa shape index (κ3) is 5.66. The molecule has 192 valence electrons. The molecule has 3 aromatic carbocycles. The second-order valence-electron chi connectivity index (χ2n) is 8.00. The fourth-order valence-electron chi connectivity index (χ4n) is 3.69. The van der Waals surface area contributed by atoms with Gasteiger partial charge >= 0.3 is 0 Å². The van der Waals surface area contributed by atoms with Crippen LogP contribution in [-0.4, -0.2) is 55.3 Å². The highest BCUT2D eigenvalue weighted by atomic mass is 32.2. The molecule has 0 saturated carbocycles. The molecule has 0 aliphatic heterocycles. The van der Waals surface area contributed by atoms with Crippen LogP contribution in [0.1, 0.15) is 26.3 Å². The summed E-state index contributed by atoms with van der Waals surface area (Å²) in [6.07, 6.45) is 1.49. The molecule has 2 amide bonds. The molecule has 1 aromatic heterocycles. The summed E-state index contributed by atoms with van der Waals surface area (Å²) in [6, 6.07) is 14.7. The van der Waals surface area contributed by atoms with E-state index in [9.17, 15) is 22.4 Å². The second-order valence-corrected chi connectivity index (χ2v) is 9.89. The number of carbonyl (C=O) groups excluding carboxylic acids is 2. The summed E-state index contributed by atoms with van der Waals surface area (Å²) in [7, 11) is -2.26. The van der Waals surface area contributed by atoms with Crippen molar-refractivity contribution in [2.45, 2.75) is 11.4 Å². The van der Waals surface area contributed by atoms with Crippen LogP contribution < -0.4 is 15.4 Å². The van der Waals surface area contributed by atoms with E-state index in [2.05, 4.69) is 20.5 Å². The highest BCUT2D eigenvalue weighted by Gasteiger charge is 2.19. The van der Waals surface area contributed by atoms with Crippen molar-refractivity contribution in [1.82, 2.24) is 25.1 Å². The Morgan fingerprint density at radius 1 is 1.00 bits per heavy atom. The molecule has 4 N–H and O–H groups in total. The molecule has 0 atom stereocenters. The van der Waals surface area contributed by atoms with E-state index in [4.69, 9.17) is 5.11 Å². The molecule has 37 heavy (non-hydrogen) atoms. The molecule has 10 nitrogen and oxygen atoms in total. The number of benzene rings is 3. The lowest BCUT2D eigenvalue weighted by atomic mass is 10.0. The molecular formula is C25H24FN5O5S. The van der Waals surface area contributed by atoms with Crippen molar-refractivity contribution in [2.75, 3.05) is 20.2 Å². The van der Waals surface area contributed by atoms with Crippen molar-refractivity contribution in [3.63, 3.8) is 0 Å². The summed E-state index contributed by atoms with van der Waals surface area (Å²) < 4.78 is 41.0. The average Bonchev–Trinajstić information content (AvgIpc) is 3.34. The number of aliphatic hydroxyl groups is 1. The SMILES string of the molecule is CNS(=O)(=O)c1ccc(CNC(=O)c2cc(C(=O)NCCO)cc3c2cnn3-c2ccc(F)cc2)cc1. The lowest BCUT2D eigenvalue weighted by Crippen LogP contribution is -2.27. The zero-order valence-electron chi connectivity index (χ0n) is 19.7. The number of halogens is 1. The summed E-state index contributed by atoms with van der Waals surface area (Å²) in [5.41, 5.74) is 2.02. The highest BCUT2D eigenvalue weighted by Crippen LogP contribution is 2.25. The van der Waals surface area contributed by atoms with Gasteiger partial charge in [0.25, 0.3) is 11.8 Å². The second kappa shape index (κ2) is 10.9. The van der Waals surface area contributed by atoms with Crippen LogP contribution in [0.5, 0.6) is 0 Å². The number of aliphatic hydroxyl groups excluding tert-OH is 1. The van der Waals surface area contributed by atoms with Gasteiger partial charge in [-0.25, -0.2) is 22.2 Å². The summed E-state index contributed by atoms with van der Waals surface area (Å²) in [5, 5.41) is 19.2. The van der Waals surface area contributed by atoms with Crippen molar-refractivity contribution in [2.24, 2.45) is 0 Å². The Balaban J connectivity index is 1.66. The Kier molecular flexibility index (Phi) is 7.62. The number of hydrogen-bond donors (Lipinski definition) is 4. The number of hydrogen-bond acceptors (Lipinski definition) is 6. The first-order chi connectivity index (χ1) is 17.7. The fraction of sp³-hybridized carbons (Fsp3) is 0.160. The molecule has 0 bridgehead atoms. The third-order valence-corrected chi connectivity index (χ3v) is 7.05. The highest BCUT2D eigenvalue weighted by molar-refractivity contribution is 7.89. The topological polar surface area (TPSA) is 142 Å². The average molecular weight is 526 g/mol. The Labute approximate surface area is 212 Å². The number of amides is 2. The van der Waals surface area contributed by atoms with Crippen LogP contribution in [0.25, 0.3) is 16.6 Å². The molecular weight excluding hydrogens is 501 g/mol. The predicted molar refractivity (Wildman–Crippen MR) is 134 cm³/mol. The van der Waals surface area contributed by atoms with E-state index < -0.39 is 27.7 Å². The van der Waals surface area contributed by atoms with Gasteiger partial charge in [0, 0.05) is 24.0 Å².